The number of hydrogen-bond donors (Lipinski definition) is 2. The average molecular weight is 353 g/mol. The van der Waals surface area contributed by atoms with Gasteiger partial charge >= 0.3 is 0 Å². The zero-order chi connectivity index (χ0) is 17.3. The minimum absolute atomic E-state index is 0.0300. The lowest BCUT2D eigenvalue weighted by Crippen LogP contribution is -2.40. The van der Waals surface area contributed by atoms with Gasteiger partial charge in [0.05, 0.1) is 10.6 Å². The molecule has 1 aromatic carbocycles. The lowest BCUT2D eigenvalue weighted by atomic mass is 10.4. The van der Waals surface area contributed by atoms with Crippen LogP contribution < -0.4 is 10.6 Å². The van der Waals surface area contributed by atoms with Crippen LogP contribution >= 0.6 is 0 Å². The Hall–Kier alpha value is -1.60. The molecule has 0 aromatic heterocycles. The number of ether oxygens (including phenoxy) is 1. The van der Waals surface area contributed by atoms with Crippen LogP contribution in [-0.4, -0.2) is 53.5 Å². The predicted molar refractivity (Wildman–Crippen MR) is 96.0 cm³/mol. The first kappa shape index (κ1) is 18.7. The quantitative estimate of drug-likeness (QED) is 0.378. The summed E-state index contributed by atoms with van der Waals surface area (Å²) in [5.74, 6) is 1.43. The van der Waals surface area contributed by atoms with E-state index in [0.29, 0.717) is 17.4 Å². The van der Waals surface area contributed by atoms with E-state index >= 15 is 0 Å². The highest BCUT2D eigenvalue weighted by Gasteiger charge is 2.20. The molecule has 1 aliphatic carbocycles. The van der Waals surface area contributed by atoms with E-state index in [9.17, 15) is 8.42 Å². The summed E-state index contributed by atoms with van der Waals surface area (Å²) in [6, 6.07) is 8.49. The molecule has 0 bridgehead atoms. The fraction of sp³-hybridized carbons (Fsp3) is 0.588. The molecule has 1 saturated carbocycles. The Bertz CT molecular complexity index is 613. The van der Waals surface area contributed by atoms with E-state index in [1.165, 1.54) is 12.8 Å². The fourth-order valence-electron chi connectivity index (χ4n) is 2.19. The van der Waals surface area contributed by atoms with Crippen molar-refractivity contribution in [3.63, 3.8) is 0 Å². The Morgan fingerprint density at radius 2 is 1.92 bits per heavy atom. The van der Waals surface area contributed by atoms with Crippen molar-refractivity contribution in [2.75, 3.05) is 39.1 Å². The van der Waals surface area contributed by atoms with Crippen LogP contribution in [0.2, 0.25) is 0 Å². The van der Waals surface area contributed by atoms with Crippen molar-refractivity contribution in [2.24, 2.45) is 10.9 Å². The molecule has 1 aromatic rings. The zero-order valence-corrected chi connectivity index (χ0v) is 15.0. The smallest absolute Gasteiger partial charge is 0.191 e. The lowest BCUT2D eigenvalue weighted by Gasteiger charge is -2.12. The van der Waals surface area contributed by atoms with Crippen molar-refractivity contribution in [3.8, 4) is 0 Å². The fourth-order valence-corrected chi connectivity index (χ4v) is 3.36. The van der Waals surface area contributed by atoms with Gasteiger partial charge in [-0.3, -0.25) is 4.99 Å². The molecule has 0 atom stereocenters. The molecule has 1 aliphatic rings. The third-order valence-corrected chi connectivity index (χ3v) is 5.53. The maximum atomic E-state index is 12.2. The number of benzene rings is 1. The van der Waals surface area contributed by atoms with Gasteiger partial charge in [-0.05, 0) is 37.3 Å². The second-order valence-corrected chi connectivity index (χ2v) is 8.04. The van der Waals surface area contributed by atoms with Crippen LogP contribution in [0, 0.1) is 5.92 Å². The average Bonchev–Trinajstić information content (AvgIpc) is 3.41. The van der Waals surface area contributed by atoms with Crippen LogP contribution in [0.4, 0.5) is 0 Å². The van der Waals surface area contributed by atoms with Gasteiger partial charge < -0.3 is 15.4 Å². The number of rotatable bonds is 10. The van der Waals surface area contributed by atoms with Gasteiger partial charge in [-0.1, -0.05) is 18.2 Å². The van der Waals surface area contributed by atoms with Crippen molar-refractivity contribution < 1.29 is 13.2 Å². The summed E-state index contributed by atoms with van der Waals surface area (Å²) in [4.78, 5) is 4.44. The van der Waals surface area contributed by atoms with Crippen molar-refractivity contribution in [3.05, 3.63) is 30.3 Å². The summed E-state index contributed by atoms with van der Waals surface area (Å²) in [6.45, 7) is 2.68. The summed E-state index contributed by atoms with van der Waals surface area (Å²) < 4.78 is 29.9. The highest BCUT2D eigenvalue weighted by molar-refractivity contribution is 7.91. The monoisotopic (exact) mass is 353 g/mol. The summed E-state index contributed by atoms with van der Waals surface area (Å²) in [7, 11) is -1.59. The molecular weight excluding hydrogens is 326 g/mol. The molecule has 0 unspecified atom stereocenters. The summed E-state index contributed by atoms with van der Waals surface area (Å²) >= 11 is 0. The third kappa shape index (κ3) is 6.88. The maximum Gasteiger partial charge on any atom is 0.191 e. The molecule has 6 nitrogen and oxygen atoms in total. The molecule has 0 amide bonds. The SMILES string of the molecule is CN=C(NCCCOCC1CC1)NCCS(=O)(=O)c1ccccc1. The second kappa shape index (κ2) is 9.64. The molecule has 0 spiro atoms. The van der Waals surface area contributed by atoms with Gasteiger partial charge in [-0.15, -0.1) is 0 Å². The van der Waals surface area contributed by atoms with Crippen LogP contribution in [0.1, 0.15) is 19.3 Å². The maximum absolute atomic E-state index is 12.2. The molecule has 24 heavy (non-hydrogen) atoms. The van der Waals surface area contributed by atoms with E-state index < -0.39 is 9.84 Å². The first-order chi connectivity index (χ1) is 11.6. The minimum Gasteiger partial charge on any atom is -0.381 e. The van der Waals surface area contributed by atoms with Crippen LogP contribution in [-0.2, 0) is 14.6 Å². The standard InChI is InChI=1S/C17H27N3O3S/c1-18-17(19-10-5-12-23-14-15-8-9-15)20-11-13-24(21,22)16-6-3-2-4-7-16/h2-4,6-7,15H,5,8-14H2,1H3,(H2,18,19,20). The minimum atomic E-state index is -3.26. The van der Waals surface area contributed by atoms with E-state index in [1.54, 1.807) is 37.4 Å². The number of guanidine groups is 1. The second-order valence-electron chi connectivity index (χ2n) is 5.93. The van der Waals surface area contributed by atoms with Crippen LogP contribution in [0.3, 0.4) is 0 Å². The number of nitrogens with one attached hydrogen (secondary N) is 2. The number of hydrogen-bond acceptors (Lipinski definition) is 4. The summed E-state index contributed by atoms with van der Waals surface area (Å²) in [5, 5.41) is 6.20. The topological polar surface area (TPSA) is 79.8 Å². The first-order valence-corrected chi connectivity index (χ1v) is 10.1. The highest BCUT2D eigenvalue weighted by atomic mass is 32.2. The van der Waals surface area contributed by atoms with Crippen molar-refractivity contribution in [1.82, 2.24) is 10.6 Å². The van der Waals surface area contributed by atoms with Gasteiger partial charge in [0.25, 0.3) is 0 Å². The van der Waals surface area contributed by atoms with Crippen LogP contribution in [0.5, 0.6) is 0 Å². The molecule has 1 fully saturated rings. The zero-order valence-electron chi connectivity index (χ0n) is 14.2. The molecule has 0 saturated heterocycles. The first-order valence-electron chi connectivity index (χ1n) is 8.42. The molecule has 0 radical (unpaired) electrons. The molecule has 0 heterocycles. The molecule has 2 rings (SSSR count). The Balaban J connectivity index is 1.60. The molecule has 0 aliphatic heterocycles. The van der Waals surface area contributed by atoms with E-state index in [4.69, 9.17) is 4.74 Å². The van der Waals surface area contributed by atoms with E-state index in [1.807, 2.05) is 0 Å². The molecule has 134 valence electrons. The Morgan fingerprint density at radius 3 is 2.58 bits per heavy atom. The summed E-state index contributed by atoms with van der Waals surface area (Å²) in [6.07, 6.45) is 3.51. The predicted octanol–water partition coefficient (Wildman–Crippen LogP) is 1.44. The lowest BCUT2D eigenvalue weighted by molar-refractivity contribution is 0.123. The normalized spacial score (nSPS) is 15.3. The van der Waals surface area contributed by atoms with Crippen molar-refractivity contribution in [1.29, 1.82) is 0 Å². The van der Waals surface area contributed by atoms with Gasteiger partial charge in [0.1, 0.15) is 0 Å². The number of sulfone groups is 1. The van der Waals surface area contributed by atoms with E-state index in [0.717, 1.165) is 32.1 Å². The van der Waals surface area contributed by atoms with E-state index in [2.05, 4.69) is 15.6 Å². The van der Waals surface area contributed by atoms with Gasteiger partial charge in [-0.25, -0.2) is 8.42 Å². The molecule has 2 N–H and O–H groups in total. The largest absolute Gasteiger partial charge is 0.381 e. The molecular formula is C17H27N3O3S. The summed E-state index contributed by atoms with van der Waals surface area (Å²) in [5.41, 5.74) is 0. The van der Waals surface area contributed by atoms with Gasteiger partial charge in [0.15, 0.2) is 15.8 Å². The Kier molecular flexibility index (Phi) is 7.52. The Morgan fingerprint density at radius 1 is 1.21 bits per heavy atom. The van der Waals surface area contributed by atoms with Crippen LogP contribution in [0.15, 0.2) is 40.2 Å². The van der Waals surface area contributed by atoms with Gasteiger partial charge in [0.2, 0.25) is 0 Å². The van der Waals surface area contributed by atoms with Crippen molar-refractivity contribution in [2.45, 2.75) is 24.2 Å². The highest BCUT2D eigenvalue weighted by Crippen LogP contribution is 2.28. The molecule has 7 heteroatoms. The third-order valence-electron chi connectivity index (χ3n) is 3.80. The van der Waals surface area contributed by atoms with Gasteiger partial charge in [0, 0.05) is 33.4 Å². The van der Waals surface area contributed by atoms with E-state index in [-0.39, 0.29) is 5.75 Å². The Labute approximate surface area is 144 Å². The van der Waals surface area contributed by atoms with Crippen molar-refractivity contribution >= 4 is 15.8 Å². The van der Waals surface area contributed by atoms with Crippen LogP contribution in [0.25, 0.3) is 0 Å². The number of aliphatic imine (C=N–C) groups is 1. The number of nitrogens with zero attached hydrogens (tertiary/aromatic N) is 1. The van der Waals surface area contributed by atoms with Gasteiger partial charge in [-0.2, -0.15) is 0 Å².